The Bertz CT molecular complexity index is 1550. The van der Waals surface area contributed by atoms with Gasteiger partial charge in [0, 0.05) is 7.11 Å². The lowest BCUT2D eigenvalue weighted by Gasteiger charge is -2.46. The number of benzene rings is 4. The Morgan fingerprint density at radius 1 is 0.659 bits per heavy atom. The Morgan fingerprint density at radius 2 is 1.09 bits per heavy atom. The second-order valence-corrected chi connectivity index (χ2v) is 12.7. The molecule has 4 aromatic carbocycles. The normalized spacial score (nSPS) is 22.8. The van der Waals surface area contributed by atoms with Crippen molar-refractivity contribution in [2.45, 2.75) is 67.8 Å². The first-order valence-electron chi connectivity index (χ1n) is 14.5. The van der Waals surface area contributed by atoms with Gasteiger partial charge in [-0.1, -0.05) is 109 Å². The molecule has 0 bridgehead atoms. The van der Waals surface area contributed by atoms with Crippen molar-refractivity contribution in [1.82, 2.24) is 0 Å². The van der Waals surface area contributed by atoms with E-state index in [9.17, 15) is 13.5 Å². The molecule has 0 spiro atoms. The third-order valence-corrected chi connectivity index (χ3v) is 9.59. The van der Waals surface area contributed by atoms with Crippen LogP contribution in [0.4, 0.5) is 0 Å². The van der Waals surface area contributed by atoms with E-state index >= 15 is 0 Å². The molecular formula is C35H38O8S. The lowest BCUT2D eigenvalue weighted by molar-refractivity contribution is -0.324. The first kappa shape index (κ1) is 32.0. The third-order valence-electron chi connectivity index (χ3n) is 7.62. The van der Waals surface area contributed by atoms with Gasteiger partial charge in [0.15, 0.2) is 11.7 Å². The predicted octanol–water partition coefficient (Wildman–Crippen LogP) is 5.21. The molecule has 8 nitrogen and oxygen atoms in total. The number of ether oxygens (including phenoxy) is 5. The highest BCUT2D eigenvalue weighted by Crippen LogP contribution is 2.35. The first-order chi connectivity index (χ1) is 21.4. The molecule has 1 saturated heterocycles. The van der Waals surface area contributed by atoms with Gasteiger partial charge in [-0.2, -0.15) is 0 Å². The van der Waals surface area contributed by atoms with Gasteiger partial charge < -0.3 is 28.8 Å². The number of hydrogen-bond donors (Lipinski definition) is 1. The zero-order valence-electron chi connectivity index (χ0n) is 24.8. The Labute approximate surface area is 259 Å². The molecule has 5 rings (SSSR count). The van der Waals surface area contributed by atoms with Crippen LogP contribution in [0, 0.1) is 6.92 Å². The number of sulfone groups is 1. The lowest BCUT2D eigenvalue weighted by atomic mass is 9.97. The van der Waals surface area contributed by atoms with Crippen LogP contribution in [-0.2, 0) is 53.3 Å². The van der Waals surface area contributed by atoms with Crippen molar-refractivity contribution in [3.63, 3.8) is 0 Å². The van der Waals surface area contributed by atoms with Crippen molar-refractivity contribution in [3.8, 4) is 0 Å². The molecule has 0 radical (unpaired) electrons. The average molecular weight is 619 g/mol. The SMILES string of the molecule is CO[C@@H]1O[C@H](C(O)S(=O)(=O)c2ccccc2C)[C@H](OCc2ccccc2)[C@H](OCc2ccccc2)[C@H]1OCc1ccccc1. The minimum atomic E-state index is -4.28. The maximum Gasteiger partial charge on any atom is 0.207 e. The number of hydrogen-bond acceptors (Lipinski definition) is 8. The molecule has 6 atom stereocenters. The van der Waals surface area contributed by atoms with Gasteiger partial charge in [0.25, 0.3) is 0 Å². The summed E-state index contributed by atoms with van der Waals surface area (Å²) in [6.07, 6.45) is -5.20. The Balaban J connectivity index is 1.52. The maximum atomic E-state index is 13.8. The standard InChI is InChI=1S/C35H38O8S/c1-25-14-12-13-21-29(25)44(37,38)34(36)32-30(40-22-26-15-6-3-7-16-26)31(41-23-27-17-8-4-9-18-27)33(35(39-2)43-32)42-24-28-19-10-5-11-20-28/h3-21,30-36H,22-24H2,1-2H3/t30-,31+,32+,33-,34?,35-/m1/s1. The van der Waals surface area contributed by atoms with Crippen molar-refractivity contribution in [2.24, 2.45) is 0 Å². The molecule has 4 aromatic rings. The van der Waals surface area contributed by atoms with Crippen molar-refractivity contribution in [1.29, 1.82) is 0 Å². The Morgan fingerprint density at radius 3 is 1.57 bits per heavy atom. The van der Waals surface area contributed by atoms with Crippen molar-refractivity contribution in [3.05, 3.63) is 138 Å². The second-order valence-electron chi connectivity index (χ2n) is 10.7. The van der Waals surface area contributed by atoms with E-state index in [1.807, 2.05) is 91.0 Å². The zero-order valence-corrected chi connectivity index (χ0v) is 25.6. The van der Waals surface area contributed by atoms with Crippen LogP contribution >= 0.6 is 0 Å². The van der Waals surface area contributed by atoms with E-state index in [-0.39, 0.29) is 24.7 Å². The van der Waals surface area contributed by atoms with E-state index < -0.39 is 46.0 Å². The summed E-state index contributed by atoms with van der Waals surface area (Å²) in [6, 6.07) is 35.2. The summed E-state index contributed by atoms with van der Waals surface area (Å²) >= 11 is 0. The minimum absolute atomic E-state index is 0.0103. The summed E-state index contributed by atoms with van der Waals surface area (Å²) in [5.41, 5.74) is 1.21. The zero-order chi connectivity index (χ0) is 30.9. The summed E-state index contributed by atoms with van der Waals surface area (Å²) in [7, 11) is -2.83. The predicted molar refractivity (Wildman–Crippen MR) is 165 cm³/mol. The van der Waals surface area contributed by atoms with Gasteiger partial charge >= 0.3 is 0 Å². The second kappa shape index (κ2) is 15.0. The third kappa shape index (κ3) is 7.62. The molecule has 1 aliphatic rings. The first-order valence-corrected chi connectivity index (χ1v) is 16.1. The van der Waals surface area contributed by atoms with E-state index in [1.54, 1.807) is 25.1 Å². The molecule has 1 N–H and O–H groups in total. The van der Waals surface area contributed by atoms with Gasteiger partial charge in [-0.3, -0.25) is 0 Å². The summed E-state index contributed by atoms with van der Waals surface area (Å²) in [4.78, 5) is 0.0103. The quantitative estimate of drug-likeness (QED) is 0.218. The van der Waals surface area contributed by atoms with Crippen LogP contribution in [0.25, 0.3) is 0 Å². The molecule has 232 valence electrons. The number of aliphatic hydroxyl groups is 1. The van der Waals surface area contributed by atoms with Crippen LogP contribution < -0.4 is 0 Å². The van der Waals surface area contributed by atoms with Crippen molar-refractivity contribution >= 4 is 9.84 Å². The van der Waals surface area contributed by atoms with Crippen LogP contribution in [0.3, 0.4) is 0 Å². The van der Waals surface area contributed by atoms with Crippen molar-refractivity contribution < 1.29 is 37.2 Å². The van der Waals surface area contributed by atoms with E-state index in [2.05, 4.69) is 0 Å². The molecular weight excluding hydrogens is 580 g/mol. The summed E-state index contributed by atoms with van der Waals surface area (Å²) in [6.45, 7) is 2.21. The Hall–Kier alpha value is -3.41. The van der Waals surface area contributed by atoms with Crippen LogP contribution in [-0.4, -0.2) is 56.8 Å². The van der Waals surface area contributed by atoms with Gasteiger partial charge in [-0.05, 0) is 35.2 Å². The number of aryl methyl sites for hydroxylation is 1. The average Bonchev–Trinajstić information content (AvgIpc) is 3.06. The summed E-state index contributed by atoms with van der Waals surface area (Å²) < 4.78 is 59.0. The van der Waals surface area contributed by atoms with Crippen LogP contribution in [0.15, 0.2) is 120 Å². The molecule has 0 aromatic heterocycles. The molecule has 0 amide bonds. The molecule has 1 heterocycles. The van der Waals surface area contributed by atoms with Crippen LogP contribution in [0.1, 0.15) is 22.3 Å². The summed E-state index contributed by atoms with van der Waals surface area (Å²) in [5, 5.41) is 11.6. The maximum absolute atomic E-state index is 13.8. The van der Waals surface area contributed by atoms with Gasteiger partial charge in [-0.15, -0.1) is 0 Å². The molecule has 0 saturated carbocycles. The molecule has 9 heteroatoms. The minimum Gasteiger partial charge on any atom is -0.375 e. The van der Waals surface area contributed by atoms with Gasteiger partial charge in [0.1, 0.15) is 24.4 Å². The highest BCUT2D eigenvalue weighted by Gasteiger charge is 2.53. The van der Waals surface area contributed by atoms with Crippen molar-refractivity contribution in [2.75, 3.05) is 7.11 Å². The highest BCUT2D eigenvalue weighted by molar-refractivity contribution is 7.92. The van der Waals surface area contributed by atoms with Crippen LogP contribution in [0.2, 0.25) is 0 Å². The smallest absolute Gasteiger partial charge is 0.207 e. The van der Waals surface area contributed by atoms with Gasteiger partial charge in [0.05, 0.1) is 24.7 Å². The molecule has 1 aliphatic heterocycles. The highest BCUT2D eigenvalue weighted by atomic mass is 32.2. The lowest BCUT2D eigenvalue weighted by Crippen LogP contribution is -2.64. The van der Waals surface area contributed by atoms with Crippen LogP contribution in [0.5, 0.6) is 0 Å². The van der Waals surface area contributed by atoms with E-state index in [4.69, 9.17) is 23.7 Å². The van der Waals surface area contributed by atoms with E-state index in [0.717, 1.165) is 16.7 Å². The monoisotopic (exact) mass is 618 g/mol. The summed E-state index contributed by atoms with van der Waals surface area (Å²) in [5.74, 6) is 0. The molecule has 44 heavy (non-hydrogen) atoms. The van der Waals surface area contributed by atoms with E-state index in [0.29, 0.717) is 5.56 Å². The Kier molecular flexibility index (Phi) is 10.9. The molecule has 1 unspecified atom stereocenters. The van der Waals surface area contributed by atoms with Gasteiger partial charge in [-0.25, -0.2) is 8.42 Å². The number of rotatable bonds is 13. The fraction of sp³-hybridized carbons (Fsp3) is 0.314. The molecule has 0 aliphatic carbocycles. The topological polar surface area (TPSA) is 101 Å². The number of aliphatic hydroxyl groups excluding tert-OH is 1. The fourth-order valence-corrected chi connectivity index (χ4v) is 6.91. The number of methoxy groups -OCH3 is 1. The fourth-order valence-electron chi connectivity index (χ4n) is 5.29. The largest absolute Gasteiger partial charge is 0.375 e. The molecule has 1 fully saturated rings. The van der Waals surface area contributed by atoms with Gasteiger partial charge in [0.2, 0.25) is 9.84 Å². The van der Waals surface area contributed by atoms with E-state index in [1.165, 1.54) is 13.2 Å².